The first-order valence-electron chi connectivity index (χ1n) is 8.68. The number of ether oxygens (including phenoxy) is 1. The molecule has 1 amide bonds. The number of carbonyl (C=O) groups excluding carboxylic acids is 1. The summed E-state index contributed by atoms with van der Waals surface area (Å²) in [6.45, 7) is 1.35. The number of hydrogen-bond acceptors (Lipinski definition) is 4. The highest BCUT2D eigenvalue weighted by Gasteiger charge is 2.29. The zero-order valence-corrected chi connectivity index (χ0v) is 15.6. The van der Waals surface area contributed by atoms with E-state index in [4.69, 9.17) is 4.74 Å². The summed E-state index contributed by atoms with van der Waals surface area (Å²) >= 11 is 0. The lowest BCUT2D eigenvalue weighted by Gasteiger charge is -2.34. The van der Waals surface area contributed by atoms with Crippen molar-refractivity contribution in [2.24, 2.45) is 0 Å². The maximum atomic E-state index is 13.0. The third-order valence-electron chi connectivity index (χ3n) is 4.37. The average molecular weight is 392 g/mol. The van der Waals surface area contributed by atoms with Crippen LogP contribution < -0.4 is 4.74 Å². The number of amides is 1. The van der Waals surface area contributed by atoms with Crippen LogP contribution in [0.25, 0.3) is 0 Å². The van der Waals surface area contributed by atoms with Gasteiger partial charge in [0.05, 0.1) is 17.9 Å². The van der Waals surface area contributed by atoms with E-state index in [-0.39, 0.29) is 36.9 Å². The molecular formula is C19H21FN2O4S. The molecule has 144 valence electrons. The molecule has 0 bridgehead atoms. The maximum absolute atomic E-state index is 13.0. The number of para-hydroxylation sites is 1. The molecule has 0 radical (unpaired) electrons. The molecular weight excluding hydrogens is 371 g/mol. The first kappa shape index (κ1) is 19.3. The van der Waals surface area contributed by atoms with Crippen LogP contribution in [0.15, 0.2) is 59.5 Å². The monoisotopic (exact) mass is 392 g/mol. The minimum absolute atomic E-state index is 0.0555. The smallest absolute Gasteiger partial charge is 0.243 e. The zero-order valence-electron chi connectivity index (χ0n) is 14.8. The minimum Gasteiger partial charge on any atom is -0.493 e. The van der Waals surface area contributed by atoms with Gasteiger partial charge < -0.3 is 9.64 Å². The van der Waals surface area contributed by atoms with Gasteiger partial charge in [0.25, 0.3) is 0 Å². The van der Waals surface area contributed by atoms with E-state index in [0.717, 1.165) is 12.1 Å². The summed E-state index contributed by atoms with van der Waals surface area (Å²) in [6.07, 6.45) is 0.236. The minimum atomic E-state index is -3.68. The average Bonchev–Trinajstić information content (AvgIpc) is 2.69. The highest BCUT2D eigenvalue weighted by atomic mass is 32.2. The normalized spacial score (nSPS) is 15.5. The lowest BCUT2D eigenvalue weighted by atomic mass is 10.3. The summed E-state index contributed by atoms with van der Waals surface area (Å²) in [7, 11) is -3.68. The van der Waals surface area contributed by atoms with E-state index < -0.39 is 15.8 Å². The summed E-state index contributed by atoms with van der Waals surface area (Å²) in [5.41, 5.74) is 0. The molecule has 3 rings (SSSR count). The van der Waals surface area contributed by atoms with E-state index in [1.165, 1.54) is 16.4 Å². The lowest BCUT2D eigenvalue weighted by molar-refractivity contribution is -0.132. The van der Waals surface area contributed by atoms with Gasteiger partial charge in [-0.3, -0.25) is 4.79 Å². The number of halogens is 1. The molecule has 2 aromatic carbocycles. The van der Waals surface area contributed by atoms with Gasteiger partial charge in [-0.25, -0.2) is 12.8 Å². The molecule has 0 unspecified atom stereocenters. The first-order chi connectivity index (χ1) is 13.0. The Morgan fingerprint density at radius 1 is 0.963 bits per heavy atom. The predicted octanol–water partition coefficient (Wildman–Crippen LogP) is 2.13. The molecule has 6 nitrogen and oxygen atoms in total. The Labute approximate surface area is 158 Å². The number of hydrogen-bond donors (Lipinski definition) is 0. The van der Waals surface area contributed by atoms with Gasteiger partial charge in [0, 0.05) is 26.2 Å². The fourth-order valence-electron chi connectivity index (χ4n) is 2.86. The molecule has 8 heteroatoms. The Balaban J connectivity index is 1.49. The fraction of sp³-hybridized carbons (Fsp3) is 0.316. The Bertz CT molecular complexity index is 864. The highest BCUT2D eigenvalue weighted by molar-refractivity contribution is 7.89. The van der Waals surface area contributed by atoms with E-state index >= 15 is 0 Å². The molecule has 27 heavy (non-hydrogen) atoms. The van der Waals surface area contributed by atoms with Crippen LogP contribution in [0.1, 0.15) is 6.42 Å². The third kappa shape index (κ3) is 4.84. The molecule has 0 aromatic heterocycles. The molecule has 0 N–H and O–H groups in total. The Kier molecular flexibility index (Phi) is 6.08. The summed E-state index contributed by atoms with van der Waals surface area (Å²) in [4.78, 5) is 14.0. The van der Waals surface area contributed by atoms with Crippen LogP contribution in [-0.4, -0.2) is 56.3 Å². The van der Waals surface area contributed by atoms with Crippen molar-refractivity contribution in [2.75, 3.05) is 32.8 Å². The summed E-state index contributed by atoms with van der Waals surface area (Å²) in [6, 6.07) is 14.0. The summed E-state index contributed by atoms with van der Waals surface area (Å²) in [5, 5.41) is 0. The number of benzene rings is 2. The van der Waals surface area contributed by atoms with E-state index in [1.54, 1.807) is 4.90 Å². The van der Waals surface area contributed by atoms with Crippen LogP contribution >= 0.6 is 0 Å². The second-order valence-electron chi connectivity index (χ2n) is 6.15. The first-order valence-corrected chi connectivity index (χ1v) is 10.1. The summed E-state index contributed by atoms with van der Waals surface area (Å²) < 4.78 is 45.0. The molecule has 1 fully saturated rings. The van der Waals surface area contributed by atoms with Gasteiger partial charge in [-0.05, 0) is 36.4 Å². The van der Waals surface area contributed by atoms with Crippen molar-refractivity contribution in [3.8, 4) is 5.75 Å². The van der Waals surface area contributed by atoms with Crippen LogP contribution in [0.5, 0.6) is 5.75 Å². The molecule has 0 atom stereocenters. The van der Waals surface area contributed by atoms with Crippen molar-refractivity contribution < 1.29 is 22.3 Å². The second kappa shape index (κ2) is 8.49. The molecule has 1 aliphatic rings. The van der Waals surface area contributed by atoms with Gasteiger partial charge in [-0.1, -0.05) is 18.2 Å². The zero-order chi connectivity index (χ0) is 19.3. The standard InChI is InChI=1S/C19H21FN2O4S/c20-16-6-8-18(9-7-16)27(24,25)22-13-11-21(12-14-22)19(23)10-15-26-17-4-2-1-3-5-17/h1-9H,10-15H2. The van der Waals surface area contributed by atoms with Gasteiger partial charge in [0.2, 0.25) is 15.9 Å². The molecule has 1 heterocycles. The van der Waals surface area contributed by atoms with E-state index in [1.807, 2.05) is 30.3 Å². The predicted molar refractivity (Wildman–Crippen MR) is 98.3 cm³/mol. The van der Waals surface area contributed by atoms with Crippen molar-refractivity contribution in [3.05, 3.63) is 60.4 Å². The number of sulfonamides is 1. The van der Waals surface area contributed by atoms with Crippen molar-refractivity contribution in [1.29, 1.82) is 0 Å². The van der Waals surface area contributed by atoms with Gasteiger partial charge in [-0.15, -0.1) is 0 Å². The van der Waals surface area contributed by atoms with Crippen molar-refractivity contribution >= 4 is 15.9 Å². The van der Waals surface area contributed by atoms with Crippen LogP contribution in [0.2, 0.25) is 0 Å². The number of rotatable bonds is 6. The summed E-state index contributed by atoms with van der Waals surface area (Å²) in [5.74, 6) is 0.160. The second-order valence-corrected chi connectivity index (χ2v) is 8.09. The number of piperazine rings is 1. The Hall–Kier alpha value is -2.45. The van der Waals surface area contributed by atoms with Crippen LogP contribution in [0.3, 0.4) is 0 Å². The number of nitrogens with zero attached hydrogens (tertiary/aromatic N) is 2. The Morgan fingerprint density at radius 2 is 1.59 bits per heavy atom. The topological polar surface area (TPSA) is 66.9 Å². The van der Waals surface area contributed by atoms with Gasteiger partial charge in [-0.2, -0.15) is 4.31 Å². The van der Waals surface area contributed by atoms with Crippen molar-refractivity contribution in [2.45, 2.75) is 11.3 Å². The molecule has 0 spiro atoms. The maximum Gasteiger partial charge on any atom is 0.243 e. The van der Waals surface area contributed by atoms with Gasteiger partial charge in [0.15, 0.2) is 0 Å². The largest absolute Gasteiger partial charge is 0.493 e. The fourth-order valence-corrected chi connectivity index (χ4v) is 4.29. The van der Waals surface area contributed by atoms with E-state index in [0.29, 0.717) is 18.8 Å². The van der Waals surface area contributed by atoms with Crippen molar-refractivity contribution in [1.82, 2.24) is 9.21 Å². The van der Waals surface area contributed by atoms with E-state index in [9.17, 15) is 17.6 Å². The Morgan fingerprint density at radius 3 is 2.22 bits per heavy atom. The molecule has 0 saturated carbocycles. The lowest BCUT2D eigenvalue weighted by Crippen LogP contribution is -2.50. The molecule has 2 aromatic rings. The quantitative estimate of drug-likeness (QED) is 0.755. The SMILES string of the molecule is O=C(CCOc1ccccc1)N1CCN(S(=O)(=O)c2ccc(F)cc2)CC1. The van der Waals surface area contributed by atoms with Crippen LogP contribution in [0, 0.1) is 5.82 Å². The van der Waals surface area contributed by atoms with Gasteiger partial charge in [0.1, 0.15) is 11.6 Å². The van der Waals surface area contributed by atoms with Crippen LogP contribution in [-0.2, 0) is 14.8 Å². The third-order valence-corrected chi connectivity index (χ3v) is 6.28. The molecule has 0 aliphatic carbocycles. The van der Waals surface area contributed by atoms with Crippen LogP contribution in [0.4, 0.5) is 4.39 Å². The highest BCUT2D eigenvalue weighted by Crippen LogP contribution is 2.18. The molecule has 1 saturated heterocycles. The van der Waals surface area contributed by atoms with Crippen molar-refractivity contribution in [3.63, 3.8) is 0 Å². The van der Waals surface area contributed by atoms with Gasteiger partial charge >= 0.3 is 0 Å². The molecule has 1 aliphatic heterocycles. The number of carbonyl (C=O) groups is 1. The van der Waals surface area contributed by atoms with E-state index in [2.05, 4.69) is 0 Å².